The average molecular weight is 393 g/mol. The fraction of sp³-hybridized carbons (Fsp3) is 0.522. The Labute approximate surface area is 170 Å². The Hall–Kier alpha value is -2.63. The average Bonchev–Trinajstić information content (AvgIpc) is 2.68. The largest absolute Gasteiger partial charge is 0.496 e. The molecule has 1 heterocycles. The molecule has 1 aromatic heterocycles. The molecular formula is C23H27N3O3. The Balaban J connectivity index is 1.35. The highest BCUT2D eigenvalue weighted by Gasteiger charge is 2.51. The van der Waals surface area contributed by atoms with E-state index in [1.165, 1.54) is 30.0 Å². The molecule has 4 bridgehead atoms. The molecule has 0 radical (unpaired) electrons. The first-order valence-electron chi connectivity index (χ1n) is 10.6. The maximum atomic E-state index is 12.9. The minimum Gasteiger partial charge on any atom is -0.496 e. The van der Waals surface area contributed by atoms with E-state index in [-0.39, 0.29) is 23.6 Å². The van der Waals surface area contributed by atoms with E-state index in [9.17, 15) is 9.59 Å². The van der Waals surface area contributed by atoms with E-state index in [0.29, 0.717) is 11.4 Å². The molecule has 1 aromatic carbocycles. The van der Waals surface area contributed by atoms with Crippen LogP contribution < -0.4 is 15.6 Å². The zero-order chi connectivity index (χ0) is 20.0. The van der Waals surface area contributed by atoms with Gasteiger partial charge in [-0.2, -0.15) is 5.10 Å². The van der Waals surface area contributed by atoms with Crippen molar-refractivity contribution in [1.82, 2.24) is 15.1 Å². The fourth-order valence-electron chi connectivity index (χ4n) is 6.30. The maximum absolute atomic E-state index is 12.9. The van der Waals surface area contributed by atoms with Gasteiger partial charge in [0.1, 0.15) is 12.3 Å². The van der Waals surface area contributed by atoms with Crippen molar-refractivity contribution in [3.8, 4) is 17.0 Å². The minimum absolute atomic E-state index is 0.0520. The summed E-state index contributed by atoms with van der Waals surface area (Å²) in [4.78, 5) is 25.2. The number of hydrogen-bond acceptors (Lipinski definition) is 4. The highest BCUT2D eigenvalue weighted by atomic mass is 16.5. The third-order valence-electron chi connectivity index (χ3n) is 6.99. The van der Waals surface area contributed by atoms with Gasteiger partial charge < -0.3 is 10.1 Å². The number of carbonyl (C=O) groups is 1. The number of carbonyl (C=O) groups excluding carboxylic acids is 1. The number of benzene rings is 1. The molecule has 4 aliphatic carbocycles. The number of aromatic nitrogens is 2. The van der Waals surface area contributed by atoms with E-state index in [1.54, 1.807) is 13.2 Å². The van der Waals surface area contributed by atoms with Crippen LogP contribution in [-0.4, -0.2) is 28.3 Å². The van der Waals surface area contributed by atoms with Crippen LogP contribution in [0.1, 0.15) is 38.5 Å². The van der Waals surface area contributed by atoms with E-state index < -0.39 is 0 Å². The van der Waals surface area contributed by atoms with Crippen LogP contribution in [0.2, 0.25) is 0 Å². The number of para-hydroxylation sites is 1. The van der Waals surface area contributed by atoms with E-state index in [2.05, 4.69) is 10.4 Å². The van der Waals surface area contributed by atoms with Gasteiger partial charge in [-0.25, -0.2) is 4.68 Å². The molecule has 6 nitrogen and oxygen atoms in total. The van der Waals surface area contributed by atoms with Crippen LogP contribution >= 0.6 is 0 Å². The number of ether oxygens (including phenoxy) is 1. The number of hydrogen-bond donors (Lipinski definition) is 1. The summed E-state index contributed by atoms with van der Waals surface area (Å²) in [5.74, 6) is 2.85. The predicted molar refractivity (Wildman–Crippen MR) is 110 cm³/mol. The summed E-state index contributed by atoms with van der Waals surface area (Å²) in [5.41, 5.74) is 1.08. The van der Waals surface area contributed by atoms with Crippen molar-refractivity contribution < 1.29 is 9.53 Å². The predicted octanol–water partition coefficient (Wildman–Crippen LogP) is 3.00. The topological polar surface area (TPSA) is 73.2 Å². The second-order valence-electron chi connectivity index (χ2n) is 9.16. The quantitative estimate of drug-likeness (QED) is 0.848. The lowest BCUT2D eigenvalue weighted by Gasteiger charge is -2.56. The van der Waals surface area contributed by atoms with Gasteiger partial charge in [-0.15, -0.1) is 0 Å². The van der Waals surface area contributed by atoms with Gasteiger partial charge in [0.05, 0.1) is 12.8 Å². The number of methoxy groups -OCH3 is 1. The summed E-state index contributed by atoms with van der Waals surface area (Å²) in [6.07, 6.45) is 7.27. The molecular weight excluding hydrogens is 366 g/mol. The van der Waals surface area contributed by atoms with Gasteiger partial charge in [0.2, 0.25) is 5.91 Å². The van der Waals surface area contributed by atoms with Crippen LogP contribution in [0.15, 0.2) is 41.2 Å². The first-order chi connectivity index (χ1) is 14.0. The third kappa shape index (κ3) is 3.45. The molecule has 4 fully saturated rings. The van der Waals surface area contributed by atoms with Crippen molar-refractivity contribution in [3.63, 3.8) is 0 Å². The molecule has 1 N–H and O–H groups in total. The lowest BCUT2D eigenvalue weighted by molar-refractivity contribution is -0.127. The van der Waals surface area contributed by atoms with Gasteiger partial charge >= 0.3 is 0 Å². The molecule has 6 rings (SSSR count). The highest BCUT2D eigenvalue weighted by molar-refractivity contribution is 5.76. The lowest BCUT2D eigenvalue weighted by atomic mass is 9.53. The van der Waals surface area contributed by atoms with Crippen molar-refractivity contribution in [1.29, 1.82) is 0 Å². The second kappa shape index (κ2) is 7.01. The van der Waals surface area contributed by atoms with Crippen molar-refractivity contribution >= 4 is 5.91 Å². The zero-order valence-electron chi connectivity index (χ0n) is 16.8. The monoisotopic (exact) mass is 393 g/mol. The molecule has 29 heavy (non-hydrogen) atoms. The molecule has 2 aromatic rings. The molecule has 152 valence electrons. The number of rotatable bonds is 5. The third-order valence-corrected chi connectivity index (χ3v) is 6.99. The standard InChI is InChI=1S/C23H27N3O3/c1-29-20-5-3-2-4-18(20)19-6-7-22(28)26(25-19)14-21(27)24-23-11-15-8-16(12-23)10-17(9-15)13-23/h2-7,15-17H,8-14H2,1H3,(H,24,27). The van der Waals surface area contributed by atoms with E-state index in [0.717, 1.165) is 42.6 Å². The summed E-state index contributed by atoms with van der Waals surface area (Å²) in [6.45, 7) is -0.0520. The van der Waals surface area contributed by atoms with Gasteiger partial charge in [-0.05, 0) is 74.5 Å². The molecule has 0 spiro atoms. The summed E-state index contributed by atoms with van der Waals surface area (Å²) < 4.78 is 6.66. The number of nitrogens with zero attached hydrogens (tertiary/aromatic N) is 2. The minimum atomic E-state index is -0.274. The second-order valence-corrected chi connectivity index (χ2v) is 9.16. The lowest BCUT2D eigenvalue weighted by Crippen LogP contribution is -2.60. The molecule has 0 saturated heterocycles. The Morgan fingerprint density at radius 2 is 1.76 bits per heavy atom. The van der Waals surface area contributed by atoms with Crippen LogP contribution in [0.5, 0.6) is 5.75 Å². The summed E-state index contributed by atoms with van der Waals surface area (Å²) in [5, 5.41) is 7.77. The highest BCUT2D eigenvalue weighted by Crippen LogP contribution is 2.55. The molecule has 0 atom stereocenters. The maximum Gasteiger partial charge on any atom is 0.267 e. The molecule has 1 amide bonds. The summed E-state index contributed by atoms with van der Waals surface area (Å²) in [6, 6.07) is 10.7. The molecule has 0 aliphatic heterocycles. The van der Waals surface area contributed by atoms with Crippen LogP contribution in [0.25, 0.3) is 11.3 Å². The van der Waals surface area contributed by atoms with Gasteiger partial charge in [0.15, 0.2) is 0 Å². The SMILES string of the molecule is COc1ccccc1-c1ccc(=O)n(CC(=O)NC23CC4CC(CC(C4)C2)C3)n1. The molecule has 0 unspecified atom stereocenters. The summed E-state index contributed by atoms with van der Waals surface area (Å²) in [7, 11) is 1.60. The van der Waals surface area contributed by atoms with Crippen molar-refractivity contribution in [2.45, 2.75) is 50.6 Å². The van der Waals surface area contributed by atoms with Gasteiger partial charge in [-0.3, -0.25) is 9.59 Å². The molecule has 4 saturated carbocycles. The first kappa shape index (κ1) is 18.4. The Morgan fingerprint density at radius 1 is 1.10 bits per heavy atom. The molecule has 4 aliphatic rings. The summed E-state index contributed by atoms with van der Waals surface area (Å²) >= 11 is 0. The number of amides is 1. The first-order valence-corrected chi connectivity index (χ1v) is 10.6. The van der Waals surface area contributed by atoms with Gasteiger partial charge in [-0.1, -0.05) is 12.1 Å². The Kier molecular flexibility index (Phi) is 4.45. The van der Waals surface area contributed by atoms with Crippen molar-refractivity contribution in [2.75, 3.05) is 7.11 Å². The van der Waals surface area contributed by atoms with Crippen LogP contribution in [0, 0.1) is 17.8 Å². The smallest absolute Gasteiger partial charge is 0.267 e. The fourth-order valence-corrected chi connectivity index (χ4v) is 6.30. The Morgan fingerprint density at radius 3 is 2.41 bits per heavy atom. The van der Waals surface area contributed by atoms with Crippen molar-refractivity contribution in [3.05, 3.63) is 46.8 Å². The van der Waals surface area contributed by atoms with Gasteiger partial charge in [0.25, 0.3) is 5.56 Å². The number of nitrogens with one attached hydrogen (secondary N) is 1. The van der Waals surface area contributed by atoms with Crippen LogP contribution in [0.4, 0.5) is 0 Å². The van der Waals surface area contributed by atoms with Gasteiger partial charge in [0, 0.05) is 17.2 Å². The molecule has 6 heteroatoms. The van der Waals surface area contributed by atoms with Crippen molar-refractivity contribution in [2.24, 2.45) is 17.8 Å². The van der Waals surface area contributed by atoms with Crippen LogP contribution in [-0.2, 0) is 11.3 Å². The van der Waals surface area contributed by atoms with E-state index >= 15 is 0 Å². The van der Waals surface area contributed by atoms with Crippen LogP contribution in [0.3, 0.4) is 0 Å². The normalized spacial score (nSPS) is 29.6. The van der Waals surface area contributed by atoms with E-state index in [4.69, 9.17) is 4.74 Å². The van der Waals surface area contributed by atoms with E-state index in [1.807, 2.05) is 24.3 Å². The Bertz CT molecular complexity index is 962. The zero-order valence-corrected chi connectivity index (χ0v) is 16.8.